The van der Waals surface area contributed by atoms with Gasteiger partial charge in [0, 0.05) is 0 Å². The summed E-state index contributed by atoms with van der Waals surface area (Å²) in [5.74, 6) is -1.91. The number of rotatable bonds is 6. The molecule has 0 spiro atoms. The van der Waals surface area contributed by atoms with Crippen molar-refractivity contribution in [3.05, 3.63) is 71.3 Å². The van der Waals surface area contributed by atoms with Gasteiger partial charge >= 0.3 is 12.1 Å². The van der Waals surface area contributed by atoms with Crippen LogP contribution in [0.5, 0.6) is 0 Å². The highest BCUT2D eigenvalue weighted by atomic mass is 19.1. The highest BCUT2D eigenvalue weighted by molar-refractivity contribution is 5.81. The number of aliphatic hydroxyl groups excluding tert-OH is 1. The first kappa shape index (κ1) is 22.4. The normalized spacial score (nSPS) is 15.7. The summed E-state index contributed by atoms with van der Waals surface area (Å²) in [6.07, 6.45) is -3.03. The third kappa shape index (κ3) is 5.32. The molecule has 0 fully saturated rings. The lowest BCUT2D eigenvalue weighted by molar-refractivity contribution is -0.164. The second kappa shape index (κ2) is 8.61. The first-order valence-corrected chi connectivity index (χ1v) is 9.16. The van der Waals surface area contributed by atoms with Gasteiger partial charge in [0.2, 0.25) is 0 Å². The maximum absolute atomic E-state index is 16.1. The highest BCUT2D eigenvalue weighted by Crippen LogP contribution is 2.41. The number of ether oxygens (including phenoxy) is 1. The van der Waals surface area contributed by atoms with E-state index >= 15 is 4.39 Å². The van der Waals surface area contributed by atoms with E-state index < -0.39 is 35.5 Å². The molecule has 29 heavy (non-hydrogen) atoms. The topological polar surface area (TPSA) is 95.9 Å². The van der Waals surface area contributed by atoms with Gasteiger partial charge in [-0.25, -0.2) is 14.0 Å². The number of hydrogen-bond donors (Lipinski definition) is 3. The Morgan fingerprint density at radius 2 is 1.55 bits per heavy atom. The van der Waals surface area contributed by atoms with E-state index in [1.54, 1.807) is 51.1 Å². The summed E-state index contributed by atoms with van der Waals surface area (Å²) in [5, 5.41) is 22.8. The summed E-state index contributed by atoms with van der Waals surface area (Å²) in [5.41, 5.74) is -3.01. The molecule has 0 aliphatic heterocycles. The van der Waals surface area contributed by atoms with Crippen LogP contribution in [-0.4, -0.2) is 33.5 Å². The zero-order valence-electron chi connectivity index (χ0n) is 16.8. The van der Waals surface area contributed by atoms with Crippen molar-refractivity contribution in [3.63, 3.8) is 0 Å². The maximum atomic E-state index is 16.1. The number of hydrogen-bond acceptors (Lipinski definition) is 4. The molecule has 0 aliphatic rings. The average Bonchev–Trinajstić information content (AvgIpc) is 2.65. The fraction of sp³-hybridized carbons (Fsp3) is 0.364. The number of carbonyl (C=O) groups excluding carboxylic acids is 1. The molecule has 3 atom stereocenters. The lowest BCUT2D eigenvalue weighted by Gasteiger charge is -2.35. The van der Waals surface area contributed by atoms with Crippen molar-refractivity contribution in [2.75, 3.05) is 0 Å². The Bertz CT molecular complexity index is 848. The van der Waals surface area contributed by atoms with Gasteiger partial charge in [-0.05, 0) is 38.8 Å². The van der Waals surface area contributed by atoms with Crippen molar-refractivity contribution in [1.29, 1.82) is 0 Å². The Hall–Kier alpha value is -2.93. The molecule has 3 N–H and O–H groups in total. The molecule has 0 aromatic heterocycles. The van der Waals surface area contributed by atoms with Crippen LogP contribution < -0.4 is 5.32 Å². The summed E-state index contributed by atoms with van der Waals surface area (Å²) in [4.78, 5) is 24.4. The lowest BCUT2D eigenvalue weighted by atomic mass is 9.82. The number of nitrogens with one attached hydrogen (secondary N) is 1. The summed E-state index contributed by atoms with van der Waals surface area (Å²) in [6.45, 7) is 6.71. The van der Waals surface area contributed by atoms with Gasteiger partial charge in [-0.2, -0.15) is 0 Å². The van der Waals surface area contributed by atoms with Crippen LogP contribution in [-0.2, 0) is 9.53 Å². The van der Waals surface area contributed by atoms with Gasteiger partial charge in [0.15, 0.2) is 0 Å². The number of amides is 1. The summed E-state index contributed by atoms with van der Waals surface area (Å²) in [6, 6.07) is 12.2. The van der Waals surface area contributed by atoms with Crippen LogP contribution in [0.2, 0.25) is 0 Å². The molecule has 2 aromatic carbocycles. The monoisotopic (exact) mass is 403 g/mol. The number of alkyl carbamates (subject to hydrolysis) is 1. The molecule has 0 radical (unpaired) electrons. The van der Waals surface area contributed by atoms with E-state index in [-0.39, 0.29) is 11.1 Å². The number of alkyl halides is 1. The molecule has 0 unspecified atom stereocenters. The standard InChI is InChI=1S/C22H26FNO5/c1-14-10-12-15(13-11-14)17(24-20(28)29-21(2,3)4)22(23,19(26)27)18(25)16-8-6-5-7-9-16/h5-13,17-18,25H,1-4H3,(H,24,28)(H,26,27)/t17-,18-,22-/m0/s1. The maximum Gasteiger partial charge on any atom is 0.408 e. The van der Waals surface area contributed by atoms with E-state index in [2.05, 4.69) is 5.32 Å². The fourth-order valence-electron chi connectivity index (χ4n) is 2.89. The van der Waals surface area contributed by atoms with Crippen LogP contribution in [0.15, 0.2) is 54.6 Å². The number of aliphatic carboxylic acids is 1. The van der Waals surface area contributed by atoms with Gasteiger partial charge in [0.25, 0.3) is 5.67 Å². The zero-order chi connectivity index (χ0) is 21.8. The quantitative estimate of drug-likeness (QED) is 0.675. The molecule has 2 rings (SSSR count). The van der Waals surface area contributed by atoms with Crippen LogP contribution in [0, 0.1) is 6.92 Å². The van der Waals surface area contributed by atoms with Crippen LogP contribution in [0.1, 0.15) is 49.6 Å². The number of carboxylic acids is 1. The molecule has 0 heterocycles. The lowest BCUT2D eigenvalue weighted by Crippen LogP contribution is -2.53. The second-order valence-corrected chi connectivity index (χ2v) is 7.88. The van der Waals surface area contributed by atoms with Gasteiger partial charge in [0.05, 0.1) is 0 Å². The van der Waals surface area contributed by atoms with Gasteiger partial charge in [0.1, 0.15) is 17.7 Å². The summed E-state index contributed by atoms with van der Waals surface area (Å²) in [7, 11) is 0. The van der Waals surface area contributed by atoms with Gasteiger partial charge < -0.3 is 20.3 Å². The van der Waals surface area contributed by atoms with E-state index in [1.165, 1.54) is 24.3 Å². The molecule has 2 aromatic rings. The van der Waals surface area contributed by atoms with Crippen LogP contribution in [0.25, 0.3) is 0 Å². The van der Waals surface area contributed by atoms with Gasteiger partial charge in [-0.1, -0.05) is 60.2 Å². The minimum Gasteiger partial charge on any atom is -0.479 e. The second-order valence-electron chi connectivity index (χ2n) is 7.88. The van der Waals surface area contributed by atoms with E-state index in [4.69, 9.17) is 4.74 Å². The number of benzene rings is 2. The smallest absolute Gasteiger partial charge is 0.408 e. The van der Waals surface area contributed by atoms with Crippen molar-refractivity contribution in [3.8, 4) is 0 Å². The Kier molecular flexibility index (Phi) is 6.64. The minimum absolute atomic E-state index is 0.0699. The molecular weight excluding hydrogens is 377 g/mol. The van der Waals surface area contributed by atoms with Crippen molar-refractivity contribution < 1.29 is 28.9 Å². The van der Waals surface area contributed by atoms with Crippen molar-refractivity contribution >= 4 is 12.1 Å². The number of carboxylic acid groups (broad SMARTS) is 1. The van der Waals surface area contributed by atoms with E-state index in [0.717, 1.165) is 5.56 Å². The number of carbonyl (C=O) groups is 2. The largest absolute Gasteiger partial charge is 0.479 e. The van der Waals surface area contributed by atoms with E-state index in [9.17, 15) is 19.8 Å². The summed E-state index contributed by atoms with van der Waals surface area (Å²) < 4.78 is 21.3. The van der Waals surface area contributed by atoms with Gasteiger partial charge in [-0.3, -0.25) is 0 Å². The van der Waals surface area contributed by atoms with Crippen LogP contribution in [0.4, 0.5) is 9.18 Å². The molecule has 7 heteroatoms. The summed E-state index contributed by atoms with van der Waals surface area (Å²) >= 11 is 0. The molecule has 0 aliphatic carbocycles. The van der Waals surface area contributed by atoms with Crippen LogP contribution in [0.3, 0.4) is 0 Å². The third-order valence-electron chi connectivity index (χ3n) is 4.33. The van der Waals surface area contributed by atoms with Crippen LogP contribution >= 0.6 is 0 Å². The number of halogens is 1. The molecule has 6 nitrogen and oxygen atoms in total. The highest BCUT2D eigenvalue weighted by Gasteiger charge is 2.55. The third-order valence-corrected chi connectivity index (χ3v) is 4.33. The van der Waals surface area contributed by atoms with Crippen molar-refractivity contribution in [2.45, 2.75) is 51.1 Å². The molecule has 0 saturated carbocycles. The Morgan fingerprint density at radius 3 is 2.03 bits per heavy atom. The molecule has 1 amide bonds. The molecule has 156 valence electrons. The molecule has 0 saturated heterocycles. The average molecular weight is 403 g/mol. The minimum atomic E-state index is -3.26. The SMILES string of the molecule is Cc1ccc([C@H](NC(=O)OC(C)(C)C)[C@@](F)(C(=O)O)[C@@H](O)c2ccccc2)cc1. The Morgan fingerprint density at radius 1 is 1.00 bits per heavy atom. The van der Waals surface area contributed by atoms with Gasteiger partial charge in [-0.15, -0.1) is 0 Å². The Labute approximate surface area is 169 Å². The first-order chi connectivity index (χ1) is 13.4. The van der Waals surface area contributed by atoms with E-state index in [1.807, 2.05) is 6.92 Å². The zero-order valence-corrected chi connectivity index (χ0v) is 16.8. The van der Waals surface area contributed by atoms with Crippen molar-refractivity contribution in [1.82, 2.24) is 5.32 Å². The molecular formula is C22H26FNO5. The van der Waals surface area contributed by atoms with Crippen molar-refractivity contribution in [2.24, 2.45) is 0 Å². The van der Waals surface area contributed by atoms with E-state index in [0.29, 0.717) is 0 Å². The number of aliphatic hydroxyl groups is 1. The first-order valence-electron chi connectivity index (χ1n) is 9.16. The Balaban J connectivity index is 2.54. The predicted octanol–water partition coefficient (Wildman–Crippen LogP) is 4.09. The fourth-order valence-corrected chi connectivity index (χ4v) is 2.89. The molecule has 0 bridgehead atoms. The number of aryl methyl sites for hydroxylation is 1. The predicted molar refractivity (Wildman–Crippen MR) is 106 cm³/mol.